The standard InChI is InChI=1S/C7H17NO/c1-5-7(2,6-9)8(3)4/h9H,5-6H2,1-4H3. The third-order valence-electron chi connectivity index (χ3n) is 2.18. The number of hydrogen-bond donors (Lipinski definition) is 1. The average molecular weight is 131 g/mol. The molecule has 56 valence electrons. The molecule has 0 aliphatic rings. The maximum Gasteiger partial charge on any atom is 0.0612 e. The van der Waals surface area contributed by atoms with Crippen molar-refractivity contribution in [2.75, 3.05) is 20.7 Å². The Kier molecular flexibility index (Phi) is 3.15. The lowest BCUT2D eigenvalue weighted by Crippen LogP contribution is -2.43. The third kappa shape index (κ3) is 1.95. The zero-order chi connectivity index (χ0) is 7.49. The van der Waals surface area contributed by atoms with Crippen LogP contribution in [0.25, 0.3) is 0 Å². The zero-order valence-corrected chi connectivity index (χ0v) is 6.81. The minimum absolute atomic E-state index is 0.0278. The van der Waals surface area contributed by atoms with E-state index in [4.69, 9.17) is 5.11 Å². The van der Waals surface area contributed by atoms with E-state index in [1.165, 1.54) is 0 Å². The highest BCUT2D eigenvalue weighted by molar-refractivity contribution is 4.79. The van der Waals surface area contributed by atoms with Gasteiger partial charge in [-0.25, -0.2) is 0 Å². The minimum Gasteiger partial charge on any atom is -0.394 e. The Morgan fingerprint density at radius 1 is 1.44 bits per heavy atom. The fraction of sp³-hybridized carbons (Fsp3) is 1.00. The van der Waals surface area contributed by atoms with Crippen molar-refractivity contribution in [3.63, 3.8) is 0 Å². The Balaban J connectivity index is 3.92. The van der Waals surface area contributed by atoms with Crippen LogP contribution < -0.4 is 0 Å². The Morgan fingerprint density at radius 2 is 1.89 bits per heavy atom. The van der Waals surface area contributed by atoms with Crippen molar-refractivity contribution >= 4 is 0 Å². The summed E-state index contributed by atoms with van der Waals surface area (Å²) in [6.07, 6.45) is 0.983. The van der Waals surface area contributed by atoms with Gasteiger partial charge in [0.2, 0.25) is 0 Å². The molecule has 1 N–H and O–H groups in total. The number of likely N-dealkylation sites (N-methyl/N-ethyl adjacent to an activating group) is 1. The van der Waals surface area contributed by atoms with Crippen LogP contribution in [0, 0.1) is 0 Å². The first kappa shape index (κ1) is 8.92. The molecule has 9 heavy (non-hydrogen) atoms. The zero-order valence-electron chi connectivity index (χ0n) is 6.81. The number of aliphatic hydroxyl groups is 1. The molecule has 0 amide bonds. The fourth-order valence-electron chi connectivity index (χ4n) is 0.569. The maximum atomic E-state index is 8.91. The first-order valence-corrected chi connectivity index (χ1v) is 3.35. The topological polar surface area (TPSA) is 23.5 Å². The molecule has 2 nitrogen and oxygen atoms in total. The molecule has 0 fully saturated rings. The van der Waals surface area contributed by atoms with Gasteiger partial charge in [-0.05, 0) is 27.4 Å². The summed E-state index contributed by atoms with van der Waals surface area (Å²) in [5.74, 6) is 0. The average Bonchev–Trinajstić information content (AvgIpc) is 1.86. The first-order valence-electron chi connectivity index (χ1n) is 3.35. The minimum atomic E-state index is -0.0278. The normalized spacial score (nSPS) is 18.0. The molecular formula is C7H17NO. The van der Waals surface area contributed by atoms with E-state index in [9.17, 15) is 0 Å². The predicted octanol–water partition coefficient (Wildman–Crippen LogP) is 0.709. The van der Waals surface area contributed by atoms with Crippen LogP contribution >= 0.6 is 0 Å². The monoisotopic (exact) mass is 131 g/mol. The highest BCUT2D eigenvalue weighted by atomic mass is 16.3. The van der Waals surface area contributed by atoms with Gasteiger partial charge in [-0.1, -0.05) is 6.92 Å². The fourth-order valence-corrected chi connectivity index (χ4v) is 0.569. The molecule has 2 heteroatoms. The third-order valence-corrected chi connectivity index (χ3v) is 2.18. The van der Waals surface area contributed by atoms with Crippen LogP contribution in [0.1, 0.15) is 20.3 Å². The molecule has 0 radical (unpaired) electrons. The summed E-state index contributed by atoms with van der Waals surface area (Å²) in [4.78, 5) is 2.05. The molecule has 1 unspecified atom stereocenters. The first-order chi connectivity index (χ1) is 4.06. The van der Waals surface area contributed by atoms with Gasteiger partial charge in [0.1, 0.15) is 0 Å². The van der Waals surface area contributed by atoms with Gasteiger partial charge in [0.05, 0.1) is 6.61 Å². The summed E-state index contributed by atoms with van der Waals surface area (Å²) in [6, 6.07) is 0. The highest BCUT2D eigenvalue weighted by Gasteiger charge is 2.22. The molecule has 0 aliphatic heterocycles. The summed E-state index contributed by atoms with van der Waals surface area (Å²) in [6.45, 7) is 4.36. The lowest BCUT2D eigenvalue weighted by atomic mass is 9.99. The summed E-state index contributed by atoms with van der Waals surface area (Å²) in [5, 5.41) is 8.91. The van der Waals surface area contributed by atoms with Gasteiger partial charge in [0, 0.05) is 5.54 Å². The van der Waals surface area contributed by atoms with Crippen molar-refractivity contribution < 1.29 is 5.11 Å². The molecule has 0 heterocycles. The molecule has 1 atom stereocenters. The molecule has 0 aromatic rings. The predicted molar refractivity (Wildman–Crippen MR) is 39.5 cm³/mol. The summed E-state index contributed by atoms with van der Waals surface area (Å²) >= 11 is 0. The van der Waals surface area contributed by atoms with Crippen LogP contribution in [0.2, 0.25) is 0 Å². The van der Waals surface area contributed by atoms with Crippen LogP contribution in [0.3, 0.4) is 0 Å². The van der Waals surface area contributed by atoms with E-state index in [-0.39, 0.29) is 12.1 Å². The second-order valence-corrected chi connectivity index (χ2v) is 2.90. The lowest BCUT2D eigenvalue weighted by molar-refractivity contribution is 0.0807. The van der Waals surface area contributed by atoms with Crippen LogP contribution in [0.4, 0.5) is 0 Å². The van der Waals surface area contributed by atoms with E-state index in [1.807, 2.05) is 25.9 Å². The van der Waals surface area contributed by atoms with E-state index in [2.05, 4.69) is 6.92 Å². The molecule has 0 saturated heterocycles. The molecular weight excluding hydrogens is 114 g/mol. The number of hydrogen-bond acceptors (Lipinski definition) is 2. The molecule has 0 saturated carbocycles. The lowest BCUT2D eigenvalue weighted by Gasteiger charge is -2.33. The van der Waals surface area contributed by atoms with Gasteiger partial charge < -0.3 is 10.0 Å². The second kappa shape index (κ2) is 3.18. The van der Waals surface area contributed by atoms with Gasteiger partial charge in [-0.15, -0.1) is 0 Å². The van der Waals surface area contributed by atoms with Gasteiger partial charge in [-0.2, -0.15) is 0 Å². The number of nitrogens with zero attached hydrogens (tertiary/aromatic N) is 1. The Labute approximate surface area is 57.5 Å². The summed E-state index contributed by atoms with van der Waals surface area (Å²) < 4.78 is 0. The quantitative estimate of drug-likeness (QED) is 0.609. The maximum absolute atomic E-state index is 8.91. The van der Waals surface area contributed by atoms with Gasteiger partial charge in [0.15, 0.2) is 0 Å². The summed E-state index contributed by atoms with van der Waals surface area (Å²) in [5.41, 5.74) is -0.0278. The van der Waals surface area contributed by atoms with Gasteiger partial charge in [-0.3, -0.25) is 0 Å². The van der Waals surface area contributed by atoms with E-state index < -0.39 is 0 Å². The van der Waals surface area contributed by atoms with E-state index in [0.29, 0.717) is 0 Å². The van der Waals surface area contributed by atoms with E-state index >= 15 is 0 Å². The van der Waals surface area contributed by atoms with Crippen LogP contribution in [0.15, 0.2) is 0 Å². The molecule has 0 aromatic carbocycles. The molecule has 0 aliphatic carbocycles. The Bertz CT molecular complexity index is 77.0. The smallest absolute Gasteiger partial charge is 0.0612 e. The molecule has 0 spiro atoms. The molecule has 0 aromatic heterocycles. The summed E-state index contributed by atoms with van der Waals surface area (Å²) in [7, 11) is 3.97. The van der Waals surface area contributed by atoms with Crippen LogP contribution in [0.5, 0.6) is 0 Å². The van der Waals surface area contributed by atoms with Crippen LogP contribution in [-0.4, -0.2) is 36.2 Å². The SMILES string of the molecule is CCC(C)(CO)N(C)C. The van der Waals surface area contributed by atoms with Crippen LogP contribution in [-0.2, 0) is 0 Å². The van der Waals surface area contributed by atoms with Crippen molar-refractivity contribution in [3.05, 3.63) is 0 Å². The van der Waals surface area contributed by atoms with Crippen molar-refractivity contribution in [2.45, 2.75) is 25.8 Å². The highest BCUT2D eigenvalue weighted by Crippen LogP contribution is 2.13. The molecule has 0 rings (SSSR count). The van der Waals surface area contributed by atoms with Crippen molar-refractivity contribution in [1.82, 2.24) is 4.90 Å². The van der Waals surface area contributed by atoms with Crippen molar-refractivity contribution in [1.29, 1.82) is 0 Å². The van der Waals surface area contributed by atoms with Crippen molar-refractivity contribution in [2.24, 2.45) is 0 Å². The van der Waals surface area contributed by atoms with Gasteiger partial charge >= 0.3 is 0 Å². The van der Waals surface area contributed by atoms with E-state index in [1.54, 1.807) is 0 Å². The van der Waals surface area contributed by atoms with Gasteiger partial charge in [0.25, 0.3) is 0 Å². The Hall–Kier alpha value is -0.0800. The second-order valence-electron chi connectivity index (χ2n) is 2.90. The van der Waals surface area contributed by atoms with E-state index in [0.717, 1.165) is 6.42 Å². The largest absolute Gasteiger partial charge is 0.394 e. The number of aliphatic hydroxyl groups excluding tert-OH is 1. The number of rotatable bonds is 3. The molecule has 0 bridgehead atoms. The van der Waals surface area contributed by atoms with Crippen molar-refractivity contribution in [3.8, 4) is 0 Å². The Morgan fingerprint density at radius 3 is 1.89 bits per heavy atom.